The molecular weight excluding hydrogens is 238 g/mol. The average Bonchev–Trinajstić information content (AvgIpc) is 2.32. The first-order valence-corrected chi connectivity index (χ1v) is 5.51. The molecule has 0 bridgehead atoms. The van der Waals surface area contributed by atoms with Gasteiger partial charge >= 0.3 is 0 Å². The Morgan fingerprint density at radius 1 is 1.67 bits per heavy atom. The highest BCUT2D eigenvalue weighted by molar-refractivity contribution is 9.11. The smallest absolute Gasteiger partial charge is 0.0935 e. The van der Waals surface area contributed by atoms with E-state index in [1.165, 1.54) is 5.56 Å². The Hall–Kier alpha value is 0.1000. The topological polar surface area (TPSA) is 32.3 Å². The van der Waals surface area contributed by atoms with Crippen molar-refractivity contribution >= 4 is 27.3 Å². The van der Waals surface area contributed by atoms with E-state index in [1.54, 1.807) is 11.3 Å². The SMILES string of the molecule is OC1(Cc2csc(Br)c2)CNC1. The van der Waals surface area contributed by atoms with Gasteiger partial charge in [0.05, 0.1) is 9.39 Å². The molecule has 0 aromatic carbocycles. The lowest BCUT2D eigenvalue weighted by Gasteiger charge is -2.37. The number of halogens is 1. The third kappa shape index (κ3) is 1.71. The van der Waals surface area contributed by atoms with E-state index in [4.69, 9.17) is 0 Å². The third-order valence-electron chi connectivity index (χ3n) is 2.06. The van der Waals surface area contributed by atoms with Crippen molar-refractivity contribution in [1.82, 2.24) is 5.32 Å². The van der Waals surface area contributed by atoms with Gasteiger partial charge in [0, 0.05) is 19.5 Å². The van der Waals surface area contributed by atoms with Gasteiger partial charge in [0.15, 0.2) is 0 Å². The minimum Gasteiger partial charge on any atom is -0.387 e. The van der Waals surface area contributed by atoms with Gasteiger partial charge in [0.25, 0.3) is 0 Å². The zero-order valence-electron chi connectivity index (χ0n) is 6.51. The fourth-order valence-corrected chi connectivity index (χ4v) is 2.57. The quantitative estimate of drug-likeness (QED) is 0.828. The van der Waals surface area contributed by atoms with Crippen LogP contribution in [0, 0.1) is 0 Å². The largest absolute Gasteiger partial charge is 0.387 e. The molecule has 2 N–H and O–H groups in total. The van der Waals surface area contributed by atoms with Crippen LogP contribution in [-0.4, -0.2) is 23.8 Å². The van der Waals surface area contributed by atoms with Crippen molar-refractivity contribution in [3.8, 4) is 0 Å². The lowest BCUT2D eigenvalue weighted by atomic mass is 9.90. The first-order valence-electron chi connectivity index (χ1n) is 3.84. The fourth-order valence-electron chi connectivity index (χ4n) is 1.36. The van der Waals surface area contributed by atoms with E-state index in [0.29, 0.717) is 0 Å². The van der Waals surface area contributed by atoms with E-state index >= 15 is 0 Å². The van der Waals surface area contributed by atoms with Gasteiger partial charge in [0.2, 0.25) is 0 Å². The lowest BCUT2D eigenvalue weighted by Crippen LogP contribution is -2.60. The Labute approximate surface area is 83.7 Å². The highest BCUT2D eigenvalue weighted by Crippen LogP contribution is 2.25. The minimum atomic E-state index is -0.486. The van der Waals surface area contributed by atoms with E-state index in [9.17, 15) is 5.11 Å². The summed E-state index contributed by atoms with van der Waals surface area (Å²) < 4.78 is 1.13. The third-order valence-corrected chi connectivity index (χ3v) is 3.62. The number of aliphatic hydroxyl groups is 1. The van der Waals surface area contributed by atoms with Crippen molar-refractivity contribution in [3.05, 3.63) is 20.8 Å². The maximum Gasteiger partial charge on any atom is 0.0935 e. The number of β-amino-alcohol motifs (C(OH)–C–C–N with tert-alkyl or cyclic N) is 1. The molecule has 0 aliphatic carbocycles. The normalized spacial score (nSPS) is 20.5. The molecule has 66 valence electrons. The molecule has 0 radical (unpaired) electrons. The van der Waals surface area contributed by atoms with Crippen LogP contribution < -0.4 is 5.32 Å². The maximum atomic E-state index is 9.80. The molecular formula is C8H10BrNOS. The van der Waals surface area contributed by atoms with Crippen LogP contribution in [0.25, 0.3) is 0 Å². The molecule has 0 unspecified atom stereocenters. The van der Waals surface area contributed by atoms with Gasteiger partial charge in [-0.2, -0.15) is 0 Å². The summed E-state index contributed by atoms with van der Waals surface area (Å²) in [5.41, 5.74) is 0.733. The molecule has 1 aromatic rings. The Balaban J connectivity index is 2.03. The Bertz CT molecular complexity index is 282. The van der Waals surface area contributed by atoms with Crippen LogP contribution >= 0.6 is 27.3 Å². The predicted octanol–water partition coefficient (Wildman–Crippen LogP) is 1.39. The zero-order valence-corrected chi connectivity index (χ0v) is 8.91. The first kappa shape index (κ1) is 8.69. The molecule has 0 saturated carbocycles. The maximum absolute atomic E-state index is 9.80. The van der Waals surface area contributed by atoms with Crippen molar-refractivity contribution in [2.45, 2.75) is 12.0 Å². The van der Waals surface area contributed by atoms with Crippen molar-refractivity contribution < 1.29 is 5.11 Å². The zero-order chi connectivity index (χ0) is 8.60. The molecule has 2 nitrogen and oxygen atoms in total. The van der Waals surface area contributed by atoms with E-state index in [2.05, 4.69) is 32.7 Å². The average molecular weight is 248 g/mol. The monoisotopic (exact) mass is 247 g/mol. The van der Waals surface area contributed by atoms with Crippen molar-refractivity contribution in [1.29, 1.82) is 0 Å². The van der Waals surface area contributed by atoms with Gasteiger partial charge in [-0.05, 0) is 32.9 Å². The molecule has 12 heavy (non-hydrogen) atoms. The predicted molar refractivity (Wildman–Crippen MR) is 53.5 cm³/mol. The first-order chi connectivity index (χ1) is 5.68. The number of rotatable bonds is 2. The molecule has 4 heteroatoms. The standard InChI is InChI=1S/C8H10BrNOS/c9-7-1-6(3-12-7)2-8(11)4-10-5-8/h1,3,10-11H,2,4-5H2. The second kappa shape index (κ2) is 3.10. The van der Waals surface area contributed by atoms with Crippen LogP contribution in [0.3, 0.4) is 0 Å². The summed E-state index contributed by atoms with van der Waals surface area (Å²) in [6.07, 6.45) is 0.766. The van der Waals surface area contributed by atoms with Crippen LogP contribution in [0.2, 0.25) is 0 Å². The van der Waals surface area contributed by atoms with E-state index in [-0.39, 0.29) is 0 Å². The molecule has 1 aliphatic heterocycles. The summed E-state index contributed by atoms with van der Waals surface area (Å²) in [5, 5.41) is 15.0. The second-order valence-electron chi connectivity index (χ2n) is 3.26. The van der Waals surface area contributed by atoms with Gasteiger partial charge in [-0.1, -0.05) is 0 Å². The molecule has 1 fully saturated rings. The number of hydrogen-bond donors (Lipinski definition) is 2. The number of thiophene rings is 1. The van der Waals surface area contributed by atoms with Crippen LogP contribution in [0.5, 0.6) is 0 Å². The molecule has 1 aromatic heterocycles. The van der Waals surface area contributed by atoms with Gasteiger partial charge < -0.3 is 10.4 Å². The number of nitrogens with one attached hydrogen (secondary N) is 1. The van der Waals surface area contributed by atoms with Crippen LogP contribution in [0.1, 0.15) is 5.56 Å². The van der Waals surface area contributed by atoms with E-state index in [0.717, 1.165) is 23.3 Å². The van der Waals surface area contributed by atoms with Crippen LogP contribution in [0.4, 0.5) is 0 Å². The van der Waals surface area contributed by atoms with Crippen molar-refractivity contribution in [2.24, 2.45) is 0 Å². The highest BCUT2D eigenvalue weighted by atomic mass is 79.9. The summed E-state index contributed by atoms with van der Waals surface area (Å²) in [6, 6.07) is 2.07. The number of hydrogen-bond acceptors (Lipinski definition) is 3. The molecule has 2 heterocycles. The van der Waals surface area contributed by atoms with E-state index < -0.39 is 5.60 Å². The van der Waals surface area contributed by atoms with E-state index in [1.807, 2.05) is 0 Å². The Morgan fingerprint density at radius 2 is 2.42 bits per heavy atom. The highest BCUT2D eigenvalue weighted by Gasteiger charge is 2.34. The van der Waals surface area contributed by atoms with Crippen molar-refractivity contribution in [2.75, 3.05) is 13.1 Å². The van der Waals surface area contributed by atoms with Gasteiger partial charge in [-0.15, -0.1) is 11.3 Å². The minimum absolute atomic E-state index is 0.486. The molecule has 1 aliphatic rings. The molecule has 0 spiro atoms. The van der Waals surface area contributed by atoms with Gasteiger partial charge in [-0.25, -0.2) is 0 Å². The Kier molecular flexibility index (Phi) is 2.25. The summed E-state index contributed by atoms with van der Waals surface area (Å²) >= 11 is 5.07. The second-order valence-corrected chi connectivity index (χ2v) is 5.55. The molecule has 2 rings (SSSR count). The molecule has 0 amide bonds. The lowest BCUT2D eigenvalue weighted by molar-refractivity contribution is -0.00894. The van der Waals surface area contributed by atoms with Gasteiger partial charge in [-0.3, -0.25) is 0 Å². The fraction of sp³-hybridized carbons (Fsp3) is 0.500. The summed E-state index contributed by atoms with van der Waals surface area (Å²) in [4.78, 5) is 0. The Morgan fingerprint density at radius 3 is 2.83 bits per heavy atom. The molecule has 0 atom stereocenters. The van der Waals surface area contributed by atoms with Gasteiger partial charge in [0.1, 0.15) is 0 Å². The summed E-state index contributed by atoms with van der Waals surface area (Å²) in [6.45, 7) is 1.45. The summed E-state index contributed by atoms with van der Waals surface area (Å²) in [5.74, 6) is 0. The summed E-state index contributed by atoms with van der Waals surface area (Å²) in [7, 11) is 0. The van der Waals surface area contributed by atoms with Crippen molar-refractivity contribution in [3.63, 3.8) is 0 Å². The van der Waals surface area contributed by atoms with Crippen LogP contribution in [-0.2, 0) is 6.42 Å². The molecule has 1 saturated heterocycles. The van der Waals surface area contributed by atoms with Crippen LogP contribution in [0.15, 0.2) is 15.2 Å².